The van der Waals surface area contributed by atoms with Gasteiger partial charge in [0, 0.05) is 35.3 Å². The number of hydrogen-bond acceptors (Lipinski definition) is 7. The van der Waals surface area contributed by atoms with E-state index in [1.54, 1.807) is 37.3 Å². The molecule has 8 nitrogen and oxygen atoms in total. The quantitative estimate of drug-likeness (QED) is 0.200. The van der Waals surface area contributed by atoms with Gasteiger partial charge in [-0.1, -0.05) is 23.7 Å². The predicted molar refractivity (Wildman–Crippen MR) is 155 cm³/mol. The van der Waals surface area contributed by atoms with Crippen LogP contribution in [0.15, 0.2) is 48.5 Å². The number of methoxy groups -OCH3 is 1. The van der Waals surface area contributed by atoms with Crippen LogP contribution in [0.25, 0.3) is 11.0 Å². The number of carbonyl (C=O) groups is 1. The summed E-state index contributed by atoms with van der Waals surface area (Å²) in [6.07, 6.45) is 1.13. The second kappa shape index (κ2) is 13.0. The van der Waals surface area contributed by atoms with Crippen molar-refractivity contribution in [1.82, 2.24) is 19.4 Å². The maximum absolute atomic E-state index is 14.1. The maximum atomic E-state index is 14.1. The van der Waals surface area contributed by atoms with E-state index < -0.39 is 24.6 Å². The van der Waals surface area contributed by atoms with Crippen LogP contribution in [0.2, 0.25) is 5.02 Å². The largest absolute Gasteiger partial charge is 0.486 e. The van der Waals surface area contributed by atoms with Gasteiger partial charge in [-0.2, -0.15) is 0 Å². The highest BCUT2D eigenvalue weighted by Gasteiger charge is 2.25. The molecule has 0 bridgehead atoms. The van der Waals surface area contributed by atoms with Gasteiger partial charge in [0.05, 0.1) is 24.7 Å². The fraction of sp³-hybridized carbons (Fsp3) is 0.387. The predicted octanol–water partition coefficient (Wildman–Crippen LogP) is 6.24. The average Bonchev–Trinajstić information content (AvgIpc) is 3.31. The molecule has 1 fully saturated rings. The van der Waals surface area contributed by atoms with Crippen molar-refractivity contribution >= 4 is 28.6 Å². The smallest absolute Gasteiger partial charge is 0.338 e. The molecule has 5 rings (SSSR count). The molecule has 1 saturated heterocycles. The number of aromatic nitrogens is 3. The summed E-state index contributed by atoms with van der Waals surface area (Å²) < 4.78 is 45.7. The van der Waals surface area contributed by atoms with Gasteiger partial charge in [-0.25, -0.2) is 23.5 Å². The van der Waals surface area contributed by atoms with Crippen molar-refractivity contribution in [1.29, 1.82) is 0 Å². The van der Waals surface area contributed by atoms with Gasteiger partial charge in [-0.05, 0) is 63.2 Å². The van der Waals surface area contributed by atoms with Gasteiger partial charge in [0.1, 0.15) is 42.3 Å². The summed E-state index contributed by atoms with van der Waals surface area (Å²) in [6.45, 7) is 3.31. The first-order valence-electron chi connectivity index (χ1n) is 13.8. The third-order valence-corrected chi connectivity index (χ3v) is 7.75. The van der Waals surface area contributed by atoms with Crippen LogP contribution in [0.1, 0.15) is 53.1 Å². The topological polar surface area (TPSA) is 78.7 Å². The van der Waals surface area contributed by atoms with Crippen molar-refractivity contribution in [2.75, 3.05) is 26.9 Å². The Balaban J connectivity index is 1.25. The minimum absolute atomic E-state index is 0.0660. The molecule has 11 heteroatoms. The van der Waals surface area contributed by atoms with E-state index in [9.17, 15) is 13.6 Å². The van der Waals surface area contributed by atoms with Crippen molar-refractivity contribution in [3.05, 3.63) is 82.0 Å². The van der Waals surface area contributed by atoms with Crippen LogP contribution < -0.4 is 9.47 Å². The van der Waals surface area contributed by atoms with Crippen molar-refractivity contribution in [3.8, 4) is 11.6 Å². The Kier molecular flexibility index (Phi) is 9.23. The molecule has 1 aliphatic rings. The molecular formula is C31H33ClF2N4O4. The molecule has 4 aromatic rings. The van der Waals surface area contributed by atoms with Gasteiger partial charge >= 0.3 is 5.97 Å². The minimum Gasteiger partial charge on any atom is -0.486 e. The Labute approximate surface area is 248 Å². The number of hydrogen-bond donors (Lipinski definition) is 0. The summed E-state index contributed by atoms with van der Waals surface area (Å²) in [5.74, 6) is 0.975. The van der Waals surface area contributed by atoms with Crippen LogP contribution >= 0.6 is 11.6 Å². The van der Waals surface area contributed by atoms with Crippen molar-refractivity contribution in [2.45, 2.75) is 44.9 Å². The van der Waals surface area contributed by atoms with E-state index in [1.807, 2.05) is 23.7 Å². The summed E-state index contributed by atoms with van der Waals surface area (Å²) in [4.78, 5) is 24.1. The minimum atomic E-state index is -0.679. The lowest BCUT2D eigenvalue weighted by molar-refractivity contribution is 0.0600. The highest BCUT2D eigenvalue weighted by Crippen LogP contribution is 2.32. The average molecular weight is 599 g/mol. The molecule has 42 heavy (non-hydrogen) atoms. The fourth-order valence-electron chi connectivity index (χ4n) is 5.14. The Hall–Kier alpha value is -3.76. The van der Waals surface area contributed by atoms with Crippen LogP contribution in [-0.2, 0) is 24.9 Å². The number of carbonyl (C=O) groups excluding carboxylic acids is 1. The van der Waals surface area contributed by atoms with Crippen molar-refractivity contribution in [2.24, 2.45) is 7.05 Å². The van der Waals surface area contributed by atoms with Gasteiger partial charge in [-0.15, -0.1) is 0 Å². The zero-order valence-corrected chi connectivity index (χ0v) is 24.5. The maximum Gasteiger partial charge on any atom is 0.338 e. The Morgan fingerprint density at radius 1 is 1.14 bits per heavy atom. The molecule has 0 saturated carbocycles. The zero-order valence-electron chi connectivity index (χ0n) is 23.8. The monoisotopic (exact) mass is 598 g/mol. The molecule has 2 aromatic carbocycles. The fourth-order valence-corrected chi connectivity index (χ4v) is 5.29. The molecule has 0 aliphatic carbocycles. The van der Waals surface area contributed by atoms with Crippen LogP contribution in [0.5, 0.6) is 11.6 Å². The Bertz CT molecular complexity index is 1570. The summed E-state index contributed by atoms with van der Waals surface area (Å²) in [5, 5.41) is 0.341. The van der Waals surface area contributed by atoms with E-state index >= 15 is 0 Å². The number of piperidine rings is 1. The molecule has 1 atom stereocenters. The van der Waals surface area contributed by atoms with Gasteiger partial charge in [0.2, 0.25) is 5.88 Å². The van der Waals surface area contributed by atoms with Crippen LogP contribution in [0.3, 0.4) is 0 Å². The normalized spacial score (nSPS) is 15.1. The Morgan fingerprint density at radius 3 is 2.64 bits per heavy atom. The number of halogens is 3. The lowest BCUT2D eigenvalue weighted by atomic mass is 9.93. The third kappa shape index (κ3) is 6.65. The van der Waals surface area contributed by atoms with Gasteiger partial charge < -0.3 is 18.8 Å². The number of imidazole rings is 1. The second-order valence-electron chi connectivity index (χ2n) is 10.5. The van der Waals surface area contributed by atoms with E-state index in [1.165, 1.54) is 13.2 Å². The SMILES string of the molecule is COC(=O)c1cc(O[C@@H](C)CF)c2nc(CN3CCC(c4cccc(OCc5ccc(Cl)cc5F)n4)CC3)n(C)c2c1. The molecular weight excluding hydrogens is 566 g/mol. The lowest BCUT2D eigenvalue weighted by Gasteiger charge is -2.31. The lowest BCUT2D eigenvalue weighted by Crippen LogP contribution is -2.33. The summed E-state index contributed by atoms with van der Waals surface area (Å²) in [6, 6.07) is 13.5. The summed E-state index contributed by atoms with van der Waals surface area (Å²) in [7, 11) is 3.21. The number of alkyl halides is 1. The molecule has 2 aromatic heterocycles. The number of nitrogens with zero attached hydrogens (tertiary/aromatic N) is 4. The molecule has 0 N–H and O–H groups in total. The van der Waals surface area contributed by atoms with Crippen molar-refractivity contribution < 1.29 is 27.8 Å². The van der Waals surface area contributed by atoms with Crippen molar-refractivity contribution in [3.63, 3.8) is 0 Å². The van der Waals surface area contributed by atoms with E-state index in [4.69, 9.17) is 35.8 Å². The van der Waals surface area contributed by atoms with E-state index in [2.05, 4.69) is 4.90 Å². The first-order valence-corrected chi connectivity index (χ1v) is 14.2. The molecule has 0 spiro atoms. The van der Waals surface area contributed by atoms with Crippen LogP contribution in [-0.4, -0.2) is 58.4 Å². The first kappa shape index (κ1) is 29.7. The third-order valence-electron chi connectivity index (χ3n) is 7.52. The first-order chi connectivity index (χ1) is 20.2. The van der Waals surface area contributed by atoms with Gasteiger partial charge in [-0.3, -0.25) is 4.90 Å². The highest BCUT2D eigenvalue weighted by molar-refractivity contribution is 6.30. The summed E-state index contributed by atoms with van der Waals surface area (Å²) in [5.41, 5.74) is 2.97. The van der Waals surface area contributed by atoms with E-state index in [-0.39, 0.29) is 12.5 Å². The number of pyridine rings is 1. The standard InChI is InChI=1S/C31H33ClF2N4O4/c1-19(16-33)42-27-14-22(31(39)40-3)13-26-30(27)36-28(37(26)2)17-38-11-9-20(10-12-38)25-5-4-6-29(35-25)41-18-21-7-8-23(32)15-24(21)34/h4-8,13-15,19-20H,9-12,16-18H2,1-3H3/t19-/m0/s1. The molecule has 0 radical (unpaired) electrons. The number of likely N-dealkylation sites (tertiary alicyclic amines) is 1. The second-order valence-corrected chi connectivity index (χ2v) is 10.9. The number of benzene rings is 2. The number of esters is 1. The number of ether oxygens (including phenoxy) is 3. The molecule has 0 unspecified atom stereocenters. The van der Waals surface area contributed by atoms with Gasteiger partial charge in [0.15, 0.2) is 0 Å². The highest BCUT2D eigenvalue weighted by atomic mass is 35.5. The molecule has 222 valence electrons. The Morgan fingerprint density at radius 2 is 1.93 bits per heavy atom. The van der Waals surface area contributed by atoms with E-state index in [0.29, 0.717) is 45.4 Å². The van der Waals surface area contributed by atoms with Crippen LogP contribution in [0.4, 0.5) is 8.78 Å². The van der Waals surface area contributed by atoms with Crippen LogP contribution in [0, 0.1) is 5.82 Å². The molecule has 1 aliphatic heterocycles. The molecule has 3 heterocycles. The van der Waals surface area contributed by atoms with E-state index in [0.717, 1.165) is 37.4 Å². The number of aryl methyl sites for hydroxylation is 1. The summed E-state index contributed by atoms with van der Waals surface area (Å²) >= 11 is 5.84. The number of rotatable bonds is 10. The number of fused-ring (bicyclic) bond motifs is 1. The van der Waals surface area contributed by atoms with Gasteiger partial charge in [0.25, 0.3) is 0 Å². The molecule has 0 amide bonds. The zero-order chi connectivity index (χ0) is 29.8.